The van der Waals surface area contributed by atoms with E-state index in [0.29, 0.717) is 60.3 Å². The van der Waals surface area contributed by atoms with Crippen LogP contribution in [0.15, 0.2) is 170 Å². The number of halogens is 2. The van der Waals surface area contributed by atoms with Crippen molar-refractivity contribution >= 4 is 29.2 Å². The summed E-state index contributed by atoms with van der Waals surface area (Å²) >= 11 is 0. The number of aliphatic imine (C=N–C) groups is 1. The number of nitrogens with zero attached hydrogens (tertiary/aromatic N) is 9. The fourth-order valence-corrected chi connectivity index (χ4v) is 8.31. The van der Waals surface area contributed by atoms with Gasteiger partial charge in [-0.2, -0.15) is 9.97 Å². The van der Waals surface area contributed by atoms with Gasteiger partial charge in [-0.05, 0) is 82.4 Å². The quantitative estimate of drug-likeness (QED) is 0.0406. The number of fused-ring (bicyclic) bond motifs is 1. The summed E-state index contributed by atoms with van der Waals surface area (Å²) < 4.78 is 41.9. The highest BCUT2D eigenvalue weighted by atomic mass is 19.1. The minimum absolute atomic E-state index is 0.0257. The number of methoxy groups -OCH3 is 2. The molecule has 0 unspecified atom stereocenters. The molecule has 23 heteroatoms. The van der Waals surface area contributed by atoms with Crippen LogP contribution in [-0.2, 0) is 39.3 Å². The van der Waals surface area contributed by atoms with Crippen LogP contribution >= 0.6 is 0 Å². The summed E-state index contributed by atoms with van der Waals surface area (Å²) in [6, 6.07) is 39.8. The molecule has 402 valence electrons. The van der Waals surface area contributed by atoms with Crippen molar-refractivity contribution in [3.05, 3.63) is 243 Å². The Bertz CT molecular complexity index is 3640. The molecule has 0 fully saturated rings. The zero-order valence-electron chi connectivity index (χ0n) is 42.6. The van der Waals surface area contributed by atoms with Crippen molar-refractivity contribution in [2.45, 2.75) is 39.3 Å². The fourth-order valence-electron chi connectivity index (χ4n) is 8.31. The standard InChI is InChI=1S/C28H28FN7O3.C27H27FN6O5/c1-39-23-12-8-20(9-13-23)16-35-26(31-14-15-34-18-21-4-2-3-5-24(21)32-25(34)30)33-27(37)36(28(35)38)17-19-6-10-22(29)11-7-19;1-39-23-12-8-20(9-13-23)17-32-25(30-15-14-29-16-21-4-2-3-5-24(21)34(37)38)31-26(35)33(27(32)36)18-19-6-10-22(28)11-7-19/h2-13H,14-18H2,1H3,(H2,30,32)(H,31,33,37);2-13,29H,14-18H2,1H3,(H,30,31,35). The number of aromatic nitrogens is 6. The highest BCUT2D eigenvalue weighted by Gasteiger charge is 2.20. The van der Waals surface area contributed by atoms with Gasteiger partial charge in [-0.1, -0.05) is 84.9 Å². The van der Waals surface area contributed by atoms with Gasteiger partial charge in [0.2, 0.25) is 11.9 Å². The van der Waals surface area contributed by atoms with Crippen LogP contribution < -0.4 is 53.9 Å². The third kappa shape index (κ3) is 13.9. The topological polar surface area (TPSA) is 253 Å². The van der Waals surface area contributed by atoms with Crippen LogP contribution in [0.5, 0.6) is 11.5 Å². The van der Waals surface area contributed by atoms with Crippen LogP contribution in [0.4, 0.5) is 32.1 Å². The van der Waals surface area contributed by atoms with Crippen molar-refractivity contribution in [3.8, 4) is 11.5 Å². The molecule has 0 spiro atoms. The molecule has 2 aromatic heterocycles. The molecule has 0 atom stereocenters. The first kappa shape index (κ1) is 54.5. The van der Waals surface area contributed by atoms with Crippen LogP contribution in [0.2, 0.25) is 0 Å². The van der Waals surface area contributed by atoms with Crippen molar-refractivity contribution < 1.29 is 23.2 Å². The van der Waals surface area contributed by atoms with Crippen molar-refractivity contribution in [2.24, 2.45) is 10.7 Å². The lowest BCUT2D eigenvalue weighted by atomic mass is 10.1. The monoisotopic (exact) mass is 1060 g/mol. The lowest BCUT2D eigenvalue weighted by molar-refractivity contribution is -0.385. The zero-order chi connectivity index (χ0) is 55.1. The van der Waals surface area contributed by atoms with Gasteiger partial charge in [0.25, 0.3) is 5.69 Å². The number of hydrogen-bond acceptors (Lipinski definition) is 16. The number of nitrogens with one attached hydrogen (secondary N) is 3. The van der Waals surface area contributed by atoms with Gasteiger partial charge in [-0.25, -0.2) is 42.1 Å². The fraction of sp³-hybridized carbons (Fsp3) is 0.218. The third-order valence-electron chi connectivity index (χ3n) is 12.5. The molecule has 0 amide bonds. The average Bonchev–Trinajstić information content (AvgIpc) is 3.44. The minimum atomic E-state index is -0.745. The van der Waals surface area contributed by atoms with E-state index in [-0.39, 0.29) is 56.9 Å². The van der Waals surface area contributed by atoms with Crippen LogP contribution in [0.3, 0.4) is 0 Å². The largest absolute Gasteiger partial charge is 0.497 e. The van der Waals surface area contributed by atoms with Crippen molar-refractivity contribution in [1.29, 1.82) is 0 Å². The summed E-state index contributed by atoms with van der Waals surface area (Å²) in [5.41, 5.74) is 8.86. The maximum atomic E-state index is 13.6. The number of hydrogen-bond donors (Lipinski definition) is 4. The Hall–Kier alpha value is -9.77. The summed E-state index contributed by atoms with van der Waals surface area (Å²) in [4.78, 5) is 78.2. The summed E-state index contributed by atoms with van der Waals surface area (Å²) in [6.45, 7) is 2.56. The second-order valence-corrected chi connectivity index (χ2v) is 17.7. The van der Waals surface area contributed by atoms with E-state index in [1.807, 2.05) is 41.3 Å². The van der Waals surface area contributed by atoms with E-state index in [0.717, 1.165) is 31.5 Å². The molecular formula is C55H55F2N13O8. The Morgan fingerprint density at radius 1 is 0.590 bits per heavy atom. The number of nitro benzene ring substituents is 1. The molecular weight excluding hydrogens is 1010 g/mol. The molecule has 6 aromatic carbocycles. The Labute approximate surface area is 444 Å². The molecule has 78 heavy (non-hydrogen) atoms. The normalized spacial score (nSPS) is 11.7. The number of ether oxygens (including phenoxy) is 2. The zero-order valence-corrected chi connectivity index (χ0v) is 42.6. The highest BCUT2D eigenvalue weighted by Crippen LogP contribution is 2.25. The van der Waals surface area contributed by atoms with Gasteiger partial charge in [0.15, 0.2) is 5.96 Å². The van der Waals surface area contributed by atoms with E-state index in [9.17, 15) is 38.1 Å². The minimum Gasteiger partial charge on any atom is -0.497 e. The van der Waals surface area contributed by atoms with Gasteiger partial charge >= 0.3 is 22.8 Å². The lowest BCUT2D eigenvalue weighted by Crippen LogP contribution is -2.44. The smallest absolute Gasteiger partial charge is 0.355 e. The number of nitrogens with two attached hydrogens (primary N) is 1. The molecule has 0 bridgehead atoms. The Morgan fingerprint density at radius 3 is 1.54 bits per heavy atom. The van der Waals surface area contributed by atoms with Crippen molar-refractivity contribution in [2.75, 3.05) is 51.0 Å². The van der Waals surface area contributed by atoms with E-state index in [1.54, 1.807) is 68.8 Å². The molecule has 0 aliphatic carbocycles. The predicted octanol–water partition coefficient (Wildman–Crippen LogP) is 5.28. The molecule has 0 saturated carbocycles. The summed E-state index contributed by atoms with van der Waals surface area (Å²) in [6.07, 6.45) is 0. The second-order valence-electron chi connectivity index (χ2n) is 17.7. The summed E-state index contributed by atoms with van der Waals surface area (Å²) in [5, 5.41) is 20.5. The number of anilines is 2. The van der Waals surface area contributed by atoms with Crippen LogP contribution in [0, 0.1) is 21.7 Å². The number of nitro groups is 1. The highest BCUT2D eigenvalue weighted by molar-refractivity contribution is 5.83. The Morgan fingerprint density at radius 2 is 1.04 bits per heavy atom. The first-order valence-electron chi connectivity index (χ1n) is 24.5. The molecule has 1 aliphatic rings. The SMILES string of the molecule is COc1ccc(Cn2c(NCCN3Cc4ccccc4N=C3N)nc(=O)n(Cc3ccc(F)cc3)c2=O)cc1.COc1ccc(Cn2c(NCCNCc3ccccc3[N+](=O)[O-])nc(=O)n(Cc3ccc(F)cc3)c2=O)cc1. The number of para-hydroxylation sites is 2. The lowest BCUT2D eigenvalue weighted by Gasteiger charge is -2.28. The second kappa shape index (κ2) is 25.6. The van der Waals surface area contributed by atoms with Gasteiger partial charge in [-0.3, -0.25) is 19.2 Å². The van der Waals surface area contributed by atoms with E-state index >= 15 is 0 Å². The third-order valence-corrected chi connectivity index (χ3v) is 12.5. The van der Waals surface area contributed by atoms with Crippen molar-refractivity contribution in [1.82, 2.24) is 38.5 Å². The molecule has 0 saturated heterocycles. The van der Waals surface area contributed by atoms with Crippen LogP contribution in [0.1, 0.15) is 33.4 Å². The van der Waals surface area contributed by atoms with Crippen molar-refractivity contribution in [3.63, 3.8) is 0 Å². The molecule has 9 rings (SSSR count). The summed E-state index contributed by atoms with van der Waals surface area (Å²) in [5.74, 6) is 1.15. The first-order valence-corrected chi connectivity index (χ1v) is 24.5. The van der Waals surface area contributed by atoms with Crippen LogP contribution in [0.25, 0.3) is 0 Å². The van der Waals surface area contributed by atoms with Gasteiger partial charge < -0.3 is 36.1 Å². The Balaban J connectivity index is 0.000000206. The molecule has 1 aliphatic heterocycles. The van der Waals surface area contributed by atoms with E-state index in [2.05, 4.69) is 30.9 Å². The van der Waals surface area contributed by atoms with E-state index in [4.69, 9.17) is 15.2 Å². The van der Waals surface area contributed by atoms with E-state index in [1.165, 1.54) is 63.7 Å². The maximum absolute atomic E-state index is 13.6. The number of benzene rings is 6. The molecule has 8 aromatic rings. The average molecular weight is 1060 g/mol. The summed E-state index contributed by atoms with van der Waals surface area (Å²) in [7, 11) is 3.13. The molecule has 21 nitrogen and oxygen atoms in total. The van der Waals surface area contributed by atoms with Crippen LogP contribution in [-0.4, -0.2) is 84.4 Å². The maximum Gasteiger partial charge on any atom is 0.355 e. The predicted molar refractivity (Wildman–Crippen MR) is 291 cm³/mol. The van der Waals surface area contributed by atoms with Gasteiger partial charge in [-0.15, -0.1) is 0 Å². The molecule has 5 N–H and O–H groups in total. The number of rotatable bonds is 21. The molecule has 0 radical (unpaired) electrons. The number of guanidine groups is 1. The molecule has 3 heterocycles. The first-order chi connectivity index (χ1) is 37.8. The van der Waals surface area contributed by atoms with E-state index < -0.39 is 39.3 Å². The Kier molecular flexibility index (Phi) is 17.9. The van der Waals surface area contributed by atoms with Gasteiger partial charge in [0.1, 0.15) is 23.1 Å². The van der Waals surface area contributed by atoms with Gasteiger partial charge in [0, 0.05) is 50.9 Å². The van der Waals surface area contributed by atoms with Gasteiger partial charge in [0.05, 0.1) is 51.0 Å².